The summed E-state index contributed by atoms with van der Waals surface area (Å²) in [6.07, 6.45) is 0. The van der Waals surface area contributed by atoms with Crippen LogP contribution in [0.4, 0.5) is 17.1 Å². The Morgan fingerprint density at radius 1 is 0.329 bits per heavy atom. The zero-order valence-electron chi connectivity index (χ0n) is 40.4. The van der Waals surface area contributed by atoms with Gasteiger partial charge in [-0.2, -0.15) is 0 Å². The highest BCUT2D eigenvalue weighted by Crippen LogP contribution is 2.49. The third-order valence-electron chi connectivity index (χ3n) is 16.1. The molecule has 2 aliphatic heterocycles. The van der Waals surface area contributed by atoms with Crippen LogP contribution in [0.15, 0.2) is 194 Å². The van der Waals surface area contributed by atoms with E-state index in [0.29, 0.717) is 0 Å². The van der Waals surface area contributed by atoms with Crippen LogP contribution in [0, 0.1) is 0 Å². The van der Waals surface area contributed by atoms with Crippen LogP contribution >= 0.6 is 0 Å². The number of anilines is 3. The van der Waals surface area contributed by atoms with Crippen LogP contribution in [-0.4, -0.2) is 15.8 Å². The quantitative estimate of drug-likeness (QED) is 0.127. The van der Waals surface area contributed by atoms with E-state index in [1.165, 1.54) is 126 Å². The minimum absolute atomic E-state index is 0.000666. The van der Waals surface area contributed by atoms with Gasteiger partial charge >= 0.3 is 0 Å². The predicted octanol–water partition coefficient (Wildman–Crippen LogP) is 15.7. The molecule has 70 heavy (non-hydrogen) atoms. The lowest BCUT2D eigenvalue weighted by Gasteiger charge is -2.36. The van der Waals surface area contributed by atoms with Crippen molar-refractivity contribution in [1.82, 2.24) is 9.13 Å². The maximum Gasteiger partial charge on any atom is 0.252 e. The fraction of sp³-hybridized carbons (Fsp3) is 0.121. The smallest absolute Gasteiger partial charge is 0.252 e. The van der Waals surface area contributed by atoms with E-state index in [2.05, 4.69) is 250 Å². The van der Waals surface area contributed by atoms with Crippen LogP contribution < -0.4 is 21.3 Å². The second kappa shape index (κ2) is 13.8. The first kappa shape index (κ1) is 39.9. The Morgan fingerprint density at radius 2 is 0.671 bits per heavy atom. The highest BCUT2D eigenvalue weighted by Gasteiger charge is 2.42. The third-order valence-corrected chi connectivity index (χ3v) is 16.1. The van der Waals surface area contributed by atoms with Gasteiger partial charge in [0.05, 0.1) is 16.7 Å². The summed E-state index contributed by atoms with van der Waals surface area (Å²) >= 11 is 0. The van der Waals surface area contributed by atoms with Gasteiger partial charge in [-0.25, -0.2) is 0 Å². The molecule has 2 aromatic heterocycles. The predicted molar refractivity (Wildman–Crippen MR) is 302 cm³/mol. The molecule has 4 heterocycles. The van der Waals surface area contributed by atoms with Crippen molar-refractivity contribution in [2.45, 2.75) is 52.4 Å². The molecule has 3 nitrogen and oxygen atoms in total. The summed E-state index contributed by atoms with van der Waals surface area (Å²) in [6.45, 7) is 13.8. The van der Waals surface area contributed by atoms with Gasteiger partial charge in [-0.1, -0.05) is 199 Å². The fourth-order valence-corrected chi connectivity index (χ4v) is 13.0. The van der Waals surface area contributed by atoms with E-state index >= 15 is 0 Å². The van der Waals surface area contributed by atoms with Crippen molar-refractivity contribution in [2.24, 2.45) is 0 Å². The van der Waals surface area contributed by atoms with E-state index in [9.17, 15) is 0 Å². The number of hydrogen-bond donors (Lipinski definition) is 0. The molecule has 15 rings (SSSR count). The van der Waals surface area contributed by atoms with Crippen LogP contribution in [-0.2, 0) is 10.8 Å². The first-order valence-corrected chi connectivity index (χ1v) is 25.0. The van der Waals surface area contributed by atoms with E-state index in [1.807, 2.05) is 0 Å². The van der Waals surface area contributed by atoms with Crippen molar-refractivity contribution in [2.75, 3.05) is 4.90 Å². The van der Waals surface area contributed by atoms with Crippen molar-refractivity contribution in [3.8, 4) is 11.4 Å². The Kier molecular flexibility index (Phi) is 7.86. The van der Waals surface area contributed by atoms with Gasteiger partial charge in [-0.3, -0.25) is 0 Å². The fourth-order valence-electron chi connectivity index (χ4n) is 13.0. The molecule has 11 aromatic carbocycles. The molecule has 13 aromatic rings. The second-order valence-corrected chi connectivity index (χ2v) is 22.0. The van der Waals surface area contributed by atoms with Crippen LogP contribution in [0.1, 0.15) is 52.7 Å². The topological polar surface area (TPSA) is 13.1 Å². The Morgan fingerprint density at radius 3 is 1.06 bits per heavy atom. The zero-order chi connectivity index (χ0) is 46.9. The van der Waals surface area contributed by atoms with Gasteiger partial charge in [0, 0.05) is 66.1 Å². The van der Waals surface area contributed by atoms with Crippen LogP contribution in [0.5, 0.6) is 0 Å². The Labute approximate surface area is 407 Å². The van der Waals surface area contributed by atoms with E-state index in [4.69, 9.17) is 0 Å². The number of hydrogen-bond acceptors (Lipinski definition) is 1. The summed E-state index contributed by atoms with van der Waals surface area (Å²) in [7, 11) is 0. The molecule has 0 saturated carbocycles. The molecule has 0 spiro atoms. The average Bonchev–Trinajstić information content (AvgIpc) is 3.93. The van der Waals surface area contributed by atoms with E-state index in [-0.39, 0.29) is 17.5 Å². The number of fused-ring (bicyclic) bond motifs is 20. The summed E-state index contributed by atoms with van der Waals surface area (Å²) in [5.74, 6) is 0. The van der Waals surface area contributed by atoms with Gasteiger partial charge in [0.15, 0.2) is 0 Å². The van der Waals surface area contributed by atoms with Crippen LogP contribution in [0.25, 0.3) is 98.1 Å². The Bertz CT molecular complexity index is 4140. The van der Waals surface area contributed by atoms with Crippen LogP contribution in [0.3, 0.4) is 0 Å². The van der Waals surface area contributed by atoms with Crippen LogP contribution in [0.2, 0.25) is 0 Å². The first-order valence-electron chi connectivity index (χ1n) is 25.0. The summed E-state index contributed by atoms with van der Waals surface area (Å²) in [5.41, 5.74) is 17.7. The molecule has 332 valence electrons. The number of aromatic nitrogens is 2. The minimum Gasteiger partial charge on any atom is -0.310 e. The SMILES string of the molecule is CC(C)(C)c1ccc(N(c2ccc(C(C)(C)C)cc2)c2cc3c4c(c2)-n2c5c(cccc5c5c6ccccc6c6ccccc6c52)B4c2cccc4c5c6ccccc6c6ccccc6c5n-3c24)cc1. The lowest BCUT2D eigenvalue weighted by molar-refractivity contribution is 0.590. The number of benzene rings is 11. The molecule has 0 N–H and O–H groups in total. The molecule has 0 amide bonds. The van der Waals surface area contributed by atoms with E-state index in [1.54, 1.807) is 0 Å². The molecule has 4 heteroatoms. The number of nitrogens with zero attached hydrogens (tertiary/aromatic N) is 3. The van der Waals surface area contributed by atoms with E-state index in [0.717, 1.165) is 17.1 Å². The van der Waals surface area contributed by atoms with Gasteiger partial charge in [0.1, 0.15) is 0 Å². The molecule has 0 unspecified atom stereocenters. The van der Waals surface area contributed by atoms with Crippen molar-refractivity contribution in [1.29, 1.82) is 0 Å². The molecule has 0 saturated heterocycles. The summed E-state index contributed by atoms with van der Waals surface area (Å²) in [4.78, 5) is 2.51. The number of rotatable bonds is 3. The first-order chi connectivity index (χ1) is 34.0. The van der Waals surface area contributed by atoms with Crippen molar-refractivity contribution in [3.05, 3.63) is 205 Å². The summed E-state index contributed by atoms with van der Waals surface area (Å²) in [5, 5.41) is 15.5. The second-order valence-electron chi connectivity index (χ2n) is 22.0. The van der Waals surface area contributed by atoms with Crippen molar-refractivity contribution in [3.63, 3.8) is 0 Å². The molecule has 0 radical (unpaired) electrons. The van der Waals surface area contributed by atoms with Gasteiger partial charge in [0.25, 0.3) is 6.71 Å². The largest absolute Gasteiger partial charge is 0.310 e. The summed E-state index contributed by atoms with van der Waals surface area (Å²) in [6, 6.07) is 74.3. The van der Waals surface area contributed by atoms with Gasteiger partial charge in [-0.15, -0.1) is 0 Å². The monoisotopic (exact) mass is 895 g/mol. The lowest BCUT2D eigenvalue weighted by Crippen LogP contribution is -2.59. The maximum absolute atomic E-state index is 2.68. The average molecular weight is 896 g/mol. The molecule has 0 bridgehead atoms. The highest BCUT2D eigenvalue weighted by molar-refractivity contribution is 7.00. The lowest BCUT2D eigenvalue weighted by atomic mass is 9.34. The normalized spacial score (nSPS) is 13.3. The van der Waals surface area contributed by atoms with Gasteiger partial charge < -0.3 is 14.0 Å². The van der Waals surface area contributed by atoms with Crippen molar-refractivity contribution < 1.29 is 0 Å². The van der Waals surface area contributed by atoms with Crippen molar-refractivity contribution >= 4 is 127 Å². The molecule has 0 atom stereocenters. The van der Waals surface area contributed by atoms with E-state index < -0.39 is 0 Å². The van der Waals surface area contributed by atoms with Gasteiger partial charge in [-0.05, 0) is 107 Å². The standard InChI is InChI=1S/C66H50BN3/c1-65(2,3)39-29-33-41(34-30-39)68(42-35-31-40(32-36-42)66(4,5)6)43-37-56-60-57(38-43)70-62-53(59-49-22-12-8-18-45(49)47-20-10-14-24-51(47)64(59)70)26-16-28-55(62)67(60)54-27-15-25-52-58-48-21-11-7-17-44(48)46-19-9-13-23-50(46)63(58)69(56)61(52)54/h7-38H,1-6H3. The molecule has 2 aliphatic rings. The molecular weight excluding hydrogens is 846 g/mol. The molecular formula is C66H50BN3. The number of para-hydroxylation sites is 2. The third kappa shape index (κ3) is 5.21. The Balaban J connectivity index is 1.16. The zero-order valence-corrected chi connectivity index (χ0v) is 40.4. The van der Waals surface area contributed by atoms with Gasteiger partial charge in [0.2, 0.25) is 0 Å². The Hall–Kier alpha value is -8.08. The maximum atomic E-state index is 2.68. The highest BCUT2D eigenvalue weighted by atomic mass is 15.2. The molecule has 0 fully saturated rings. The molecule has 0 aliphatic carbocycles. The minimum atomic E-state index is 0.000666. The summed E-state index contributed by atoms with van der Waals surface area (Å²) < 4.78 is 5.36.